The summed E-state index contributed by atoms with van der Waals surface area (Å²) in [5.41, 5.74) is 5.72. The number of nitrogens with one attached hydrogen (secondary N) is 2. The van der Waals surface area contributed by atoms with E-state index in [2.05, 4.69) is 33.6 Å². The number of rotatable bonds is 8. The van der Waals surface area contributed by atoms with Gasteiger partial charge in [0.15, 0.2) is 0 Å². The monoisotopic (exact) mass is 493 g/mol. The Balaban J connectivity index is 1.31. The molecule has 2 heterocycles. The fourth-order valence-corrected chi connectivity index (χ4v) is 4.81. The standard InChI is InChI=1S/C29H27N5O3/c1-19-28(34(36)37)20(2)33(32-19)18-21-12-14-23(15-13-21)29(35)31-16-25(22-8-4-3-5-9-22)26-17-30-27-11-7-6-10-24(26)27/h3-15,17,25,30H,16,18H2,1-2H3,(H,31,35). The molecule has 2 N–H and O–H groups in total. The van der Waals surface area contributed by atoms with Crippen LogP contribution in [0.25, 0.3) is 10.9 Å². The van der Waals surface area contributed by atoms with E-state index in [1.54, 1.807) is 30.7 Å². The van der Waals surface area contributed by atoms with Crippen LogP contribution in [0.1, 0.15) is 44.4 Å². The first-order valence-electron chi connectivity index (χ1n) is 12.1. The number of nitro groups is 1. The zero-order chi connectivity index (χ0) is 25.9. The molecular formula is C29H27N5O3. The van der Waals surface area contributed by atoms with E-state index < -0.39 is 4.92 Å². The topological polar surface area (TPSA) is 106 Å². The third-order valence-electron chi connectivity index (χ3n) is 6.74. The number of fused-ring (bicyclic) bond motifs is 1. The van der Waals surface area contributed by atoms with Gasteiger partial charge in [0, 0.05) is 35.1 Å². The number of aromatic nitrogens is 3. The van der Waals surface area contributed by atoms with Crippen LogP contribution >= 0.6 is 0 Å². The van der Waals surface area contributed by atoms with Crippen LogP contribution in [0.5, 0.6) is 0 Å². The van der Waals surface area contributed by atoms with Gasteiger partial charge in [-0.3, -0.25) is 19.6 Å². The molecule has 3 aromatic carbocycles. The lowest BCUT2D eigenvalue weighted by molar-refractivity contribution is -0.386. The second kappa shape index (κ2) is 10.1. The molecule has 5 rings (SSSR count). The number of amides is 1. The number of aryl methyl sites for hydroxylation is 1. The largest absolute Gasteiger partial charge is 0.361 e. The average Bonchev–Trinajstić information content (AvgIpc) is 3.45. The van der Waals surface area contributed by atoms with Gasteiger partial charge >= 0.3 is 5.69 Å². The summed E-state index contributed by atoms with van der Waals surface area (Å²) in [6.07, 6.45) is 2.02. The van der Waals surface area contributed by atoms with Crippen LogP contribution in [0, 0.1) is 24.0 Å². The Kier molecular flexibility index (Phi) is 6.55. The molecule has 8 nitrogen and oxygen atoms in total. The lowest BCUT2D eigenvalue weighted by atomic mass is 9.91. The van der Waals surface area contributed by atoms with Gasteiger partial charge in [-0.1, -0.05) is 60.7 Å². The molecule has 0 saturated heterocycles. The van der Waals surface area contributed by atoms with Crippen molar-refractivity contribution in [1.29, 1.82) is 0 Å². The van der Waals surface area contributed by atoms with Crippen molar-refractivity contribution in [3.63, 3.8) is 0 Å². The SMILES string of the molecule is Cc1nn(Cc2ccc(C(=O)NCC(c3ccccc3)c3c[nH]c4ccccc34)cc2)c(C)c1[N+](=O)[O-]. The predicted octanol–water partition coefficient (Wildman–Crippen LogP) is 5.50. The average molecular weight is 494 g/mol. The molecule has 1 unspecified atom stereocenters. The molecule has 186 valence electrons. The molecule has 0 fully saturated rings. The van der Waals surface area contributed by atoms with Crippen molar-refractivity contribution in [3.8, 4) is 0 Å². The second-order valence-electron chi connectivity index (χ2n) is 9.09. The number of H-pyrrole nitrogens is 1. The number of hydrogen-bond acceptors (Lipinski definition) is 4. The highest BCUT2D eigenvalue weighted by Crippen LogP contribution is 2.30. The summed E-state index contributed by atoms with van der Waals surface area (Å²) in [5.74, 6) is -0.170. The van der Waals surface area contributed by atoms with Crippen LogP contribution < -0.4 is 5.32 Å². The number of benzene rings is 3. The van der Waals surface area contributed by atoms with Crippen LogP contribution in [0.2, 0.25) is 0 Å². The molecule has 37 heavy (non-hydrogen) atoms. The van der Waals surface area contributed by atoms with Crippen molar-refractivity contribution < 1.29 is 9.72 Å². The minimum Gasteiger partial charge on any atom is -0.361 e. The summed E-state index contributed by atoms with van der Waals surface area (Å²) in [7, 11) is 0. The molecule has 0 aliphatic carbocycles. The fraction of sp³-hybridized carbons (Fsp3) is 0.172. The van der Waals surface area contributed by atoms with Gasteiger partial charge in [0.25, 0.3) is 5.91 Å². The number of carbonyl (C=O) groups excluding carboxylic acids is 1. The third kappa shape index (κ3) is 4.86. The molecule has 0 saturated carbocycles. The van der Waals surface area contributed by atoms with Gasteiger partial charge in [-0.15, -0.1) is 0 Å². The van der Waals surface area contributed by atoms with Gasteiger partial charge < -0.3 is 10.3 Å². The lowest BCUT2D eigenvalue weighted by Gasteiger charge is -2.18. The quantitative estimate of drug-likeness (QED) is 0.220. The molecule has 1 atom stereocenters. The zero-order valence-corrected chi connectivity index (χ0v) is 20.6. The Bertz CT molecular complexity index is 1570. The Morgan fingerprint density at radius 2 is 1.73 bits per heavy atom. The summed E-state index contributed by atoms with van der Waals surface area (Å²) >= 11 is 0. The van der Waals surface area contributed by atoms with Gasteiger partial charge in [-0.05, 0) is 48.7 Å². The van der Waals surface area contributed by atoms with E-state index >= 15 is 0 Å². The minimum atomic E-state index is -0.402. The molecular weight excluding hydrogens is 466 g/mol. The van der Waals surface area contributed by atoms with Crippen LogP contribution in [0.4, 0.5) is 5.69 Å². The van der Waals surface area contributed by atoms with Crippen LogP contribution in [-0.4, -0.2) is 32.1 Å². The molecule has 0 bridgehead atoms. The highest BCUT2D eigenvalue weighted by atomic mass is 16.6. The molecule has 0 spiro atoms. The molecule has 1 amide bonds. The smallest absolute Gasteiger partial charge is 0.312 e. The van der Waals surface area contributed by atoms with Gasteiger partial charge in [0.1, 0.15) is 11.4 Å². The van der Waals surface area contributed by atoms with Crippen LogP contribution in [0.15, 0.2) is 85.1 Å². The maximum atomic E-state index is 13.0. The molecule has 0 aliphatic rings. The van der Waals surface area contributed by atoms with E-state index in [1.807, 2.05) is 54.7 Å². The maximum absolute atomic E-state index is 13.0. The van der Waals surface area contributed by atoms with Crippen LogP contribution in [-0.2, 0) is 6.54 Å². The maximum Gasteiger partial charge on any atom is 0.312 e. The number of hydrogen-bond donors (Lipinski definition) is 2. The summed E-state index contributed by atoms with van der Waals surface area (Å²) in [6.45, 7) is 4.16. The van der Waals surface area contributed by atoms with E-state index in [4.69, 9.17) is 0 Å². The highest BCUT2D eigenvalue weighted by Gasteiger charge is 2.22. The Hall–Kier alpha value is -4.72. The number of carbonyl (C=O) groups is 1. The Labute approximate surface area is 214 Å². The summed E-state index contributed by atoms with van der Waals surface area (Å²) in [4.78, 5) is 27.3. The van der Waals surface area contributed by atoms with E-state index in [9.17, 15) is 14.9 Å². The second-order valence-corrected chi connectivity index (χ2v) is 9.09. The van der Waals surface area contributed by atoms with Gasteiger partial charge in [0.05, 0.1) is 11.5 Å². The molecule has 5 aromatic rings. The van der Waals surface area contributed by atoms with E-state index in [1.165, 1.54) is 0 Å². The predicted molar refractivity (Wildman–Crippen MR) is 143 cm³/mol. The first kappa shape index (κ1) is 24.0. The zero-order valence-electron chi connectivity index (χ0n) is 20.6. The first-order valence-corrected chi connectivity index (χ1v) is 12.1. The van der Waals surface area contributed by atoms with Crippen molar-refractivity contribution in [2.24, 2.45) is 0 Å². The number of nitrogens with zero attached hydrogens (tertiary/aromatic N) is 3. The van der Waals surface area contributed by atoms with E-state index in [0.29, 0.717) is 30.0 Å². The van der Waals surface area contributed by atoms with Crippen molar-refractivity contribution in [1.82, 2.24) is 20.1 Å². The molecule has 8 heteroatoms. The molecule has 0 aliphatic heterocycles. The Morgan fingerprint density at radius 3 is 2.43 bits per heavy atom. The third-order valence-corrected chi connectivity index (χ3v) is 6.74. The minimum absolute atomic E-state index is 0.0117. The lowest BCUT2D eigenvalue weighted by Crippen LogP contribution is -2.28. The molecule has 0 radical (unpaired) electrons. The first-order chi connectivity index (χ1) is 17.9. The van der Waals surface area contributed by atoms with E-state index in [-0.39, 0.29) is 17.5 Å². The van der Waals surface area contributed by atoms with E-state index in [0.717, 1.165) is 27.6 Å². The Morgan fingerprint density at radius 1 is 1.03 bits per heavy atom. The normalized spacial score (nSPS) is 11.9. The molecule has 2 aromatic heterocycles. The van der Waals surface area contributed by atoms with Gasteiger partial charge in [-0.25, -0.2) is 0 Å². The summed E-state index contributed by atoms with van der Waals surface area (Å²) < 4.78 is 1.62. The van der Waals surface area contributed by atoms with Crippen molar-refractivity contribution in [3.05, 3.63) is 129 Å². The van der Waals surface area contributed by atoms with Crippen molar-refractivity contribution in [2.45, 2.75) is 26.3 Å². The van der Waals surface area contributed by atoms with Gasteiger partial charge in [-0.2, -0.15) is 5.10 Å². The highest BCUT2D eigenvalue weighted by molar-refractivity contribution is 5.94. The summed E-state index contributed by atoms with van der Waals surface area (Å²) in [6, 6.07) is 25.6. The van der Waals surface area contributed by atoms with Crippen molar-refractivity contribution >= 4 is 22.5 Å². The van der Waals surface area contributed by atoms with Crippen LogP contribution in [0.3, 0.4) is 0 Å². The summed E-state index contributed by atoms with van der Waals surface area (Å²) in [5, 5.41) is 19.8. The van der Waals surface area contributed by atoms with Crippen molar-refractivity contribution in [2.75, 3.05) is 6.54 Å². The van der Waals surface area contributed by atoms with Gasteiger partial charge in [0.2, 0.25) is 0 Å². The number of aromatic amines is 1. The fourth-order valence-electron chi connectivity index (χ4n) is 4.81. The number of para-hydroxylation sites is 1.